The van der Waals surface area contributed by atoms with Crippen molar-refractivity contribution in [2.75, 3.05) is 13.1 Å². The number of carboxylic acid groups (broad SMARTS) is 1. The van der Waals surface area contributed by atoms with Crippen molar-refractivity contribution in [2.24, 2.45) is 0 Å². The van der Waals surface area contributed by atoms with Gasteiger partial charge in [-0.2, -0.15) is 0 Å². The maximum Gasteiger partial charge on any atom is 0.323 e. The van der Waals surface area contributed by atoms with Gasteiger partial charge in [-0.1, -0.05) is 6.92 Å². The molecule has 1 heterocycles. The van der Waals surface area contributed by atoms with E-state index in [-0.39, 0.29) is 12.5 Å². The molecule has 88 valence electrons. The highest BCUT2D eigenvalue weighted by molar-refractivity contribution is 9.10. The largest absolute Gasteiger partial charge is 0.480 e. The summed E-state index contributed by atoms with van der Waals surface area (Å²) in [6.45, 7) is 1.99. The highest BCUT2D eigenvalue weighted by atomic mass is 79.9. The van der Waals surface area contributed by atoms with E-state index in [4.69, 9.17) is 9.52 Å². The number of nitrogens with zero attached hydrogens (tertiary/aromatic N) is 1. The molecule has 1 aromatic rings. The molecule has 5 nitrogen and oxygen atoms in total. The first-order valence-corrected chi connectivity index (χ1v) is 5.59. The molecular weight excluding hydrogens is 278 g/mol. The number of hydrogen-bond acceptors (Lipinski definition) is 3. The predicted molar refractivity (Wildman–Crippen MR) is 60.2 cm³/mol. The summed E-state index contributed by atoms with van der Waals surface area (Å²) in [6.07, 6.45) is 2.08. The van der Waals surface area contributed by atoms with Crippen LogP contribution in [0.2, 0.25) is 0 Å². The van der Waals surface area contributed by atoms with Crippen molar-refractivity contribution < 1.29 is 19.1 Å². The summed E-state index contributed by atoms with van der Waals surface area (Å²) in [5.74, 6) is -1.37. The van der Waals surface area contributed by atoms with Crippen LogP contribution in [0.3, 0.4) is 0 Å². The Morgan fingerprint density at radius 2 is 2.25 bits per heavy atom. The number of carbonyl (C=O) groups excluding carboxylic acids is 1. The van der Waals surface area contributed by atoms with Crippen molar-refractivity contribution in [3.05, 3.63) is 22.6 Å². The van der Waals surface area contributed by atoms with E-state index in [2.05, 4.69) is 15.9 Å². The van der Waals surface area contributed by atoms with Crippen molar-refractivity contribution in [3.8, 4) is 0 Å². The fraction of sp³-hybridized carbons (Fsp3) is 0.400. The second-order valence-electron chi connectivity index (χ2n) is 3.23. The topological polar surface area (TPSA) is 70.8 Å². The van der Waals surface area contributed by atoms with Crippen LogP contribution in [0.15, 0.2) is 21.4 Å². The summed E-state index contributed by atoms with van der Waals surface area (Å²) in [4.78, 5) is 23.8. The molecular formula is C10H12BrNO4. The summed E-state index contributed by atoms with van der Waals surface area (Å²) in [6, 6.07) is 1.51. The van der Waals surface area contributed by atoms with E-state index in [1.54, 1.807) is 0 Å². The van der Waals surface area contributed by atoms with Gasteiger partial charge in [-0.05, 0) is 28.4 Å². The minimum Gasteiger partial charge on any atom is -0.480 e. The van der Waals surface area contributed by atoms with Gasteiger partial charge in [0.25, 0.3) is 5.91 Å². The van der Waals surface area contributed by atoms with Gasteiger partial charge in [0, 0.05) is 6.54 Å². The molecule has 6 heteroatoms. The second kappa shape index (κ2) is 5.69. The van der Waals surface area contributed by atoms with Gasteiger partial charge in [0.05, 0.1) is 11.8 Å². The van der Waals surface area contributed by atoms with Crippen LogP contribution >= 0.6 is 15.9 Å². The smallest absolute Gasteiger partial charge is 0.323 e. The Bertz CT molecular complexity index is 388. The quantitative estimate of drug-likeness (QED) is 0.900. The van der Waals surface area contributed by atoms with Gasteiger partial charge >= 0.3 is 5.97 Å². The molecule has 0 saturated carbocycles. The van der Waals surface area contributed by atoms with Gasteiger partial charge in [0.2, 0.25) is 0 Å². The number of furan rings is 1. The third kappa shape index (κ3) is 3.10. The molecule has 0 fully saturated rings. The predicted octanol–water partition coefficient (Wildman–Crippen LogP) is 1.98. The third-order valence-corrected chi connectivity index (χ3v) is 2.57. The molecule has 0 atom stereocenters. The average Bonchev–Trinajstić information content (AvgIpc) is 2.62. The summed E-state index contributed by atoms with van der Waals surface area (Å²) < 4.78 is 5.26. The van der Waals surface area contributed by atoms with Crippen LogP contribution in [0, 0.1) is 0 Å². The Labute approximate surface area is 101 Å². The molecule has 16 heavy (non-hydrogen) atoms. The molecule has 1 N–H and O–H groups in total. The highest BCUT2D eigenvalue weighted by Gasteiger charge is 2.21. The lowest BCUT2D eigenvalue weighted by Gasteiger charge is -2.19. The van der Waals surface area contributed by atoms with Crippen molar-refractivity contribution in [1.82, 2.24) is 4.90 Å². The first-order valence-electron chi connectivity index (χ1n) is 4.80. The number of rotatable bonds is 5. The van der Waals surface area contributed by atoms with Crippen LogP contribution in [0.4, 0.5) is 0 Å². The van der Waals surface area contributed by atoms with E-state index in [1.165, 1.54) is 17.2 Å². The van der Waals surface area contributed by atoms with E-state index in [9.17, 15) is 9.59 Å². The Balaban J connectivity index is 2.82. The molecule has 0 aliphatic heterocycles. The molecule has 0 unspecified atom stereocenters. The molecule has 0 radical (unpaired) electrons. The van der Waals surface area contributed by atoms with Gasteiger partial charge in [0.15, 0.2) is 4.67 Å². The number of carbonyl (C=O) groups is 2. The summed E-state index contributed by atoms with van der Waals surface area (Å²) in [7, 11) is 0. The molecule has 0 aliphatic rings. The molecule has 1 rings (SSSR count). The van der Waals surface area contributed by atoms with E-state index in [0.29, 0.717) is 23.2 Å². The first kappa shape index (κ1) is 12.8. The summed E-state index contributed by atoms with van der Waals surface area (Å²) in [5.41, 5.74) is 0.342. The van der Waals surface area contributed by atoms with E-state index >= 15 is 0 Å². The standard InChI is InChI=1S/C10H12BrNO4/c1-2-4-12(6-8(13)14)10(15)7-3-5-16-9(7)11/h3,5H,2,4,6H2,1H3,(H,13,14). The zero-order chi connectivity index (χ0) is 12.1. The Hall–Kier alpha value is -1.30. The van der Waals surface area contributed by atoms with Gasteiger partial charge in [-0.25, -0.2) is 0 Å². The van der Waals surface area contributed by atoms with Crippen molar-refractivity contribution >= 4 is 27.8 Å². The van der Waals surface area contributed by atoms with Crippen molar-refractivity contribution in [1.29, 1.82) is 0 Å². The zero-order valence-corrected chi connectivity index (χ0v) is 10.4. The van der Waals surface area contributed by atoms with Crippen LogP contribution in [0.1, 0.15) is 23.7 Å². The molecule has 0 saturated heterocycles. The second-order valence-corrected chi connectivity index (χ2v) is 3.95. The monoisotopic (exact) mass is 289 g/mol. The first-order chi connectivity index (χ1) is 7.56. The van der Waals surface area contributed by atoms with E-state index in [0.717, 1.165) is 0 Å². The molecule has 0 aromatic carbocycles. The third-order valence-electron chi connectivity index (χ3n) is 1.96. The normalized spacial score (nSPS) is 10.1. The highest BCUT2D eigenvalue weighted by Crippen LogP contribution is 2.19. The van der Waals surface area contributed by atoms with Crippen LogP contribution in [0.25, 0.3) is 0 Å². The molecule has 1 aromatic heterocycles. The lowest BCUT2D eigenvalue weighted by Crippen LogP contribution is -2.36. The number of aliphatic carboxylic acids is 1. The van der Waals surface area contributed by atoms with Gasteiger partial charge in [-0.15, -0.1) is 0 Å². The Morgan fingerprint density at radius 3 is 2.69 bits per heavy atom. The van der Waals surface area contributed by atoms with Gasteiger partial charge in [0.1, 0.15) is 6.54 Å². The number of hydrogen-bond donors (Lipinski definition) is 1. The molecule has 1 amide bonds. The van der Waals surface area contributed by atoms with Gasteiger partial charge in [-0.3, -0.25) is 9.59 Å². The molecule has 0 bridgehead atoms. The van der Waals surface area contributed by atoms with E-state index < -0.39 is 5.97 Å². The summed E-state index contributed by atoms with van der Waals surface area (Å²) >= 11 is 3.09. The molecule has 0 aliphatic carbocycles. The van der Waals surface area contributed by atoms with Crippen molar-refractivity contribution in [3.63, 3.8) is 0 Å². The van der Waals surface area contributed by atoms with Crippen LogP contribution < -0.4 is 0 Å². The van der Waals surface area contributed by atoms with Crippen LogP contribution in [0.5, 0.6) is 0 Å². The van der Waals surface area contributed by atoms with E-state index in [1.807, 2.05) is 6.92 Å². The van der Waals surface area contributed by atoms with Crippen LogP contribution in [-0.2, 0) is 4.79 Å². The minimum absolute atomic E-state index is 0.301. The Kier molecular flexibility index (Phi) is 4.54. The van der Waals surface area contributed by atoms with Crippen LogP contribution in [-0.4, -0.2) is 35.0 Å². The number of carboxylic acids is 1. The molecule has 0 spiro atoms. The number of halogens is 1. The zero-order valence-electron chi connectivity index (χ0n) is 8.77. The lowest BCUT2D eigenvalue weighted by atomic mass is 10.2. The minimum atomic E-state index is -1.03. The fourth-order valence-corrected chi connectivity index (χ4v) is 1.71. The Morgan fingerprint density at radius 1 is 1.56 bits per heavy atom. The number of amides is 1. The SMILES string of the molecule is CCCN(CC(=O)O)C(=O)c1ccoc1Br. The van der Waals surface area contributed by atoms with Gasteiger partial charge < -0.3 is 14.4 Å². The fourth-order valence-electron chi connectivity index (χ4n) is 1.30. The lowest BCUT2D eigenvalue weighted by molar-refractivity contribution is -0.137. The maximum atomic E-state index is 11.9. The van der Waals surface area contributed by atoms with Crippen molar-refractivity contribution in [2.45, 2.75) is 13.3 Å². The maximum absolute atomic E-state index is 11.9. The average molecular weight is 290 g/mol. The summed E-state index contributed by atoms with van der Waals surface area (Å²) in [5, 5.41) is 8.70.